The van der Waals surface area contributed by atoms with Gasteiger partial charge in [-0.15, -0.1) is 15.0 Å². The molecule has 2 rings (SSSR count). The third-order valence-corrected chi connectivity index (χ3v) is 2.41. The van der Waals surface area contributed by atoms with Gasteiger partial charge < -0.3 is 5.11 Å². The summed E-state index contributed by atoms with van der Waals surface area (Å²) in [6, 6.07) is 8.56. The summed E-state index contributed by atoms with van der Waals surface area (Å²) >= 11 is 0. The first kappa shape index (κ1) is 11.3. The molecule has 2 aromatic rings. The Morgan fingerprint density at radius 2 is 2.12 bits per heavy atom. The lowest BCUT2D eigenvalue weighted by atomic mass is 10.2. The molecule has 0 amide bonds. The second-order valence-electron chi connectivity index (χ2n) is 3.56. The van der Waals surface area contributed by atoms with Crippen LogP contribution in [-0.4, -0.2) is 31.3 Å². The minimum Gasteiger partial charge on any atom is -0.480 e. The highest BCUT2D eigenvalue weighted by molar-refractivity contribution is 5.71. The number of benzene rings is 1. The molecule has 1 heterocycles. The van der Waals surface area contributed by atoms with Gasteiger partial charge in [-0.05, 0) is 11.6 Å². The summed E-state index contributed by atoms with van der Waals surface area (Å²) in [6.07, 6.45) is 0.417. The van der Waals surface area contributed by atoms with Crippen molar-refractivity contribution in [2.75, 3.05) is 0 Å². The van der Waals surface area contributed by atoms with Crippen molar-refractivity contribution in [1.82, 2.24) is 20.2 Å². The van der Waals surface area contributed by atoms with E-state index >= 15 is 0 Å². The van der Waals surface area contributed by atoms with Crippen molar-refractivity contribution in [3.8, 4) is 11.4 Å². The third kappa shape index (κ3) is 2.30. The van der Waals surface area contributed by atoms with E-state index in [0.717, 1.165) is 10.4 Å². The van der Waals surface area contributed by atoms with Crippen molar-refractivity contribution < 1.29 is 9.90 Å². The molecular formula is C11H12N4O2. The summed E-state index contributed by atoms with van der Waals surface area (Å²) in [5.74, 6) is -0.519. The molecule has 0 aliphatic rings. The molecule has 1 unspecified atom stereocenters. The number of aliphatic carboxylic acids is 1. The fourth-order valence-corrected chi connectivity index (χ4v) is 1.50. The largest absolute Gasteiger partial charge is 0.480 e. The first-order valence-electron chi connectivity index (χ1n) is 5.30. The van der Waals surface area contributed by atoms with E-state index < -0.39 is 12.0 Å². The molecule has 1 aromatic heterocycles. The lowest BCUT2D eigenvalue weighted by molar-refractivity contribution is -0.141. The zero-order chi connectivity index (χ0) is 12.3. The van der Waals surface area contributed by atoms with Crippen molar-refractivity contribution in [2.45, 2.75) is 19.4 Å². The van der Waals surface area contributed by atoms with Crippen molar-refractivity contribution in [1.29, 1.82) is 0 Å². The first-order valence-corrected chi connectivity index (χ1v) is 5.30. The van der Waals surface area contributed by atoms with Crippen LogP contribution in [0, 0.1) is 0 Å². The number of carboxylic acids is 1. The molecule has 0 bridgehead atoms. The minimum absolute atomic E-state index is 0.417. The average Bonchev–Trinajstić information content (AvgIpc) is 2.80. The maximum atomic E-state index is 10.9. The van der Waals surface area contributed by atoms with E-state index in [4.69, 9.17) is 5.11 Å². The van der Waals surface area contributed by atoms with Crippen LogP contribution in [0.3, 0.4) is 0 Å². The number of nitrogens with zero attached hydrogens (tertiary/aromatic N) is 4. The smallest absolute Gasteiger partial charge is 0.330 e. The van der Waals surface area contributed by atoms with Gasteiger partial charge in [-0.3, -0.25) is 0 Å². The Labute approximate surface area is 97.9 Å². The third-order valence-electron chi connectivity index (χ3n) is 2.41. The van der Waals surface area contributed by atoms with Gasteiger partial charge >= 0.3 is 5.97 Å². The van der Waals surface area contributed by atoms with Crippen molar-refractivity contribution >= 4 is 5.97 Å². The molecule has 0 saturated carbocycles. The molecule has 0 aliphatic heterocycles. The fraction of sp³-hybridized carbons (Fsp3) is 0.273. The normalized spacial score (nSPS) is 12.3. The quantitative estimate of drug-likeness (QED) is 0.861. The van der Waals surface area contributed by atoms with Gasteiger partial charge in [-0.2, -0.15) is 0 Å². The molecule has 1 aromatic carbocycles. The predicted molar refractivity (Wildman–Crippen MR) is 60.2 cm³/mol. The molecule has 0 spiro atoms. The summed E-state index contributed by atoms with van der Waals surface area (Å²) in [7, 11) is 0. The van der Waals surface area contributed by atoms with Crippen LogP contribution in [0.5, 0.6) is 0 Å². The first-order chi connectivity index (χ1) is 8.22. The highest BCUT2D eigenvalue weighted by Gasteiger charge is 2.20. The van der Waals surface area contributed by atoms with Gasteiger partial charge in [0.25, 0.3) is 0 Å². The second kappa shape index (κ2) is 4.73. The summed E-state index contributed by atoms with van der Waals surface area (Å²) in [5, 5.41) is 20.7. The number of aromatic nitrogens is 4. The number of rotatable bonds is 4. The zero-order valence-electron chi connectivity index (χ0n) is 9.32. The summed E-state index contributed by atoms with van der Waals surface area (Å²) < 4.78 is 0. The Kier molecular flexibility index (Phi) is 3.13. The van der Waals surface area contributed by atoms with Crippen LogP contribution in [0.1, 0.15) is 19.4 Å². The van der Waals surface area contributed by atoms with Crippen molar-refractivity contribution in [3.05, 3.63) is 30.3 Å². The number of carbonyl (C=O) groups is 1. The molecule has 17 heavy (non-hydrogen) atoms. The van der Waals surface area contributed by atoms with Crippen LogP contribution in [0.25, 0.3) is 11.4 Å². The van der Waals surface area contributed by atoms with Gasteiger partial charge in [0.15, 0.2) is 6.04 Å². The number of tetrazole rings is 1. The van der Waals surface area contributed by atoms with E-state index in [9.17, 15) is 4.79 Å². The van der Waals surface area contributed by atoms with E-state index in [1.54, 1.807) is 6.92 Å². The average molecular weight is 232 g/mol. The van der Waals surface area contributed by atoms with E-state index in [0.29, 0.717) is 12.2 Å². The van der Waals surface area contributed by atoms with Gasteiger partial charge in [-0.1, -0.05) is 37.3 Å². The highest BCUT2D eigenvalue weighted by atomic mass is 16.4. The number of hydrogen-bond acceptors (Lipinski definition) is 4. The molecule has 0 saturated heterocycles. The Balaban J connectivity index is 2.30. The Hall–Kier alpha value is -2.24. The van der Waals surface area contributed by atoms with Gasteiger partial charge in [0, 0.05) is 5.56 Å². The van der Waals surface area contributed by atoms with Crippen LogP contribution in [0.4, 0.5) is 0 Å². The van der Waals surface area contributed by atoms with Crippen LogP contribution in [-0.2, 0) is 4.79 Å². The lowest BCUT2D eigenvalue weighted by Gasteiger charge is -2.06. The number of carboxylic acid groups (broad SMARTS) is 1. The van der Waals surface area contributed by atoms with Gasteiger partial charge in [0.05, 0.1) is 0 Å². The van der Waals surface area contributed by atoms with Crippen molar-refractivity contribution in [2.24, 2.45) is 0 Å². The van der Waals surface area contributed by atoms with Crippen LogP contribution in [0.15, 0.2) is 30.3 Å². The fourth-order valence-electron chi connectivity index (χ4n) is 1.50. The maximum Gasteiger partial charge on any atom is 0.330 e. The Bertz CT molecular complexity index is 509. The highest BCUT2D eigenvalue weighted by Crippen LogP contribution is 2.14. The Morgan fingerprint density at radius 3 is 2.71 bits per heavy atom. The SMILES string of the molecule is CCC(C(=O)O)n1nnc(-c2ccccc2)n1. The molecule has 6 nitrogen and oxygen atoms in total. The standard InChI is InChI=1S/C11H12N4O2/c1-2-9(11(16)17)15-13-10(12-14-15)8-6-4-3-5-7-8/h3-7,9H,2H2,1H3,(H,16,17). The second-order valence-corrected chi connectivity index (χ2v) is 3.56. The van der Waals surface area contributed by atoms with Gasteiger partial charge in [0.2, 0.25) is 5.82 Å². The van der Waals surface area contributed by atoms with E-state index in [1.165, 1.54) is 0 Å². The molecule has 0 aliphatic carbocycles. The Morgan fingerprint density at radius 1 is 1.41 bits per heavy atom. The van der Waals surface area contributed by atoms with Gasteiger partial charge in [0.1, 0.15) is 0 Å². The minimum atomic E-state index is -0.954. The maximum absolute atomic E-state index is 10.9. The topological polar surface area (TPSA) is 80.9 Å². The molecule has 88 valence electrons. The number of hydrogen-bond donors (Lipinski definition) is 1. The van der Waals surface area contributed by atoms with Gasteiger partial charge in [-0.25, -0.2) is 4.79 Å². The predicted octanol–water partition coefficient (Wildman–Crippen LogP) is 1.38. The lowest BCUT2D eigenvalue weighted by Crippen LogP contribution is -2.20. The molecule has 0 radical (unpaired) electrons. The van der Waals surface area contributed by atoms with Crippen LogP contribution >= 0.6 is 0 Å². The van der Waals surface area contributed by atoms with E-state index in [1.807, 2.05) is 30.3 Å². The molecule has 1 N–H and O–H groups in total. The summed E-state index contributed by atoms with van der Waals surface area (Å²) in [6.45, 7) is 1.77. The molecular weight excluding hydrogens is 220 g/mol. The summed E-state index contributed by atoms with van der Waals surface area (Å²) in [5.41, 5.74) is 0.819. The monoisotopic (exact) mass is 232 g/mol. The van der Waals surface area contributed by atoms with Crippen LogP contribution < -0.4 is 0 Å². The van der Waals surface area contributed by atoms with Crippen molar-refractivity contribution in [3.63, 3.8) is 0 Å². The van der Waals surface area contributed by atoms with E-state index in [-0.39, 0.29) is 0 Å². The molecule has 6 heteroatoms. The van der Waals surface area contributed by atoms with Crippen LogP contribution in [0.2, 0.25) is 0 Å². The zero-order valence-corrected chi connectivity index (χ0v) is 9.32. The van der Waals surface area contributed by atoms with E-state index in [2.05, 4.69) is 15.4 Å². The molecule has 0 fully saturated rings. The summed E-state index contributed by atoms with van der Waals surface area (Å²) in [4.78, 5) is 12.1. The molecule has 1 atom stereocenters.